The third-order valence-corrected chi connectivity index (χ3v) is 5.58. The Kier molecular flexibility index (Phi) is 5.78. The molecule has 0 bridgehead atoms. The lowest BCUT2D eigenvalue weighted by molar-refractivity contribution is -0.121. The molecule has 2 aliphatic rings. The van der Waals surface area contributed by atoms with Crippen molar-refractivity contribution in [3.8, 4) is 5.75 Å². The van der Waals surface area contributed by atoms with Gasteiger partial charge < -0.3 is 14.1 Å². The first-order valence-electron chi connectivity index (χ1n) is 10.3. The summed E-state index contributed by atoms with van der Waals surface area (Å²) in [6.45, 7) is 2.99. The molecule has 154 valence electrons. The van der Waals surface area contributed by atoms with Crippen LogP contribution in [-0.4, -0.2) is 35.2 Å². The Morgan fingerprint density at radius 1 is 1.21 bits per heavy atom. The lowest BCUT2D eigenvalue weighted by Gasteiger charge is -2.19. The van der Waals surface area contributed by atoms with Gasteiger partial charge in [-0.05, 0) is 44.0 Å². The summed E-state index contributed by atoms with van der Waals surface area (Å²) in [5, 5.41) is 10.8. The maximum Gasteiger partial charge on any atom is 0.322 e. The van der Waals surface area contributed by atoms with Crippen LogP contribution in [0.15, 0.2) is 28.7 Å². The number of nitrogens with one attached hydrogen (secondary N) is 1. The fourth-order valence-corrected chi connectivity index (χ4v) is 4.03. The van der Waals surface area contributed by atoms with Crippen molar-refractivity contribution in [3.05, 3.63) is 30.2 Å². The zero-order valence-corrected chi connectivity index (χ0v) is 16.6. The van der Waals surface area contributed by atoms with Gasteiger partial charge in [-0.15, -0.1) is 5.10 Å². The van der Waals surface area contributed by atoms with E-state index in [1.807, 2.05) is 31.2 Å². The zero-order chi connectivity index (χ0) is 20.2. The number of aromatic nitrogens is 2. The van der Waals surface area contributed by atoms with E-state index in [1.165, 1.54) is 6.42 Å². The number of ether oxygens (including phenoxy) is 1. The minimum absolute atomic E-state index is 0.00477. The van der Waals surface area contributed by atoms with E-state index in [1.54, 1.807) is 4.90 Å². The summed E-state index contributed by atoms with van der Waals surface area (Å²) in [5.41, 5.74) is 0.811. The predicted octanol–water partition coefficient (Wildman–Crippen LogP) is 3.51. The maximum absolute atomic E-state index is 12.5. The average molecular weight is 398 g/mol. The van der Waals surface area contributed by atoms with Crippen molar-refractivity contribution in [2.45, 2.75) is 51.4 Å². The molecule has 1 saturated heterocycles. The SMILES string of the molecule is CCOc1ccc(N2CC(c3nnc(NC(=O)C4CCCCC4)o3)CC2=O)cc1. The van der Waals surface area contributed by atoms with Crippen molar-refractivity contribution in [2.75, 3.05) is 23.4 Å². The lowest BCUT2D eigenvalue weighted by atomic mass is 9.89. The Balaban J connectivity index is 1.38. The minimum Gasteiger partial charge on any atom is -0.494 e. The monoisotopic (exact) mass is 398 g/mol. The van der Waals surface area contributed by atoms with Crippen LogP contribution in [0.4, 0.5) is 11.7 Å². The number of hydrogen-bond donors (Lipinski definition) is 1. The van der Waals surface area contributed by atoms with Crippen molar-refractivity contribution in [1.29, 1.82) is 0 Å². The van der Waals surface area contributed by atoms with E-state index in [2.05, 4.69) is 15.5 Å². The highest BCUT2D eigenvalue weighted by atomic mass is 16.5. The molecule has 1 unspecified atom stereocenters. The molecule has 29 heavy (non-hydrogen) atoms. The lowest BCUT2D eigenvalue weighted by Crippen LogP contribution is -2.24. The Labute approximate surface area is 169 Å². The van der Waals surface area contributed by atoms with Crippen LogP contribution in [-0.2, 0) is 9.59 Å². The van der Waals surface area contributed by atoms with Gasteiger partial charge in [-0.25, -0.2) is 0 Å². The molecule has 8 nitrogen and oxygen atoms in total. The van der Waals surface area contributed by atoms with Crippen LogP contribution >= 0.6 is 0 Å². The Hall–Kier alpha value is -2.90. The van der Waals surface area contributed by atoms with Gasteiger partial charge in [0.05, 0.1) is 12.5 Å². The largest absolute Gasteiger partial charge is 0.494 e. The van der Waals surface area contributed by atoms with Gasteiger partial charge in [-0.2, -0.15) is 0 Å². The summed E-state index contributed by atoms with van der Waals surface area (Å²) in [7, 11) is 0. The second-order valence-electron chi connectivity index (χ2n) is 7.60. The van der Waals surface area contributed by atoms with Gasteiger partial charge in [-0.1, -0.05) is 24.4 Å². The van der Waals surface area contributed by atoms with Gasteiger partial charge in [0.15, 0.2) is 0 Å². The van der Waals surface area contributed by atoms with E-state index >= 15 is 0 Å². The summed E-state index contributed by atoms with van der Waals surface area (Å²) in [6.07, 6.45) is 5.46. The van der Waals surface area contributed by atoms with Crippen LogP contribution in [0.5, 0.6) is 5.75 Å². The number of hydrogen-bond acceptors (Lipinski definition) is 6. The van der Waals surface area contributed by atoms with E-state index in [9.17, 15) is 9.59 Å². The number of nitrogens with zero attached hydrogens (tertiary/aromatic N) is 3. The smallest absolute Gasteiger partial charge is 0.322 e. The third-order valence-electron chi connectivity index (χ3n) is 5.58. The molecule has 1 aromatic heterocycles. The van der Waals surface area contributed by atoms with Gasteiger partial charge in [0.25, 0.3) is 0 Å². The quantitative estimate of drug-likeness (QED) is 0.800. The first-order chi connectivity index (χ1) is 14.1. The molecule has 2 fully saturated rings. The first kappa shape index (κ1) is 19.4. The fraction of sp³-hybridized carbons (Fsp3) is 0.524. The van der Waals surface area contributed by atoms with Crippen LogP contribution in [0, 0.1) is 5.92 Å². The number of carbonyl (C=O) groups is 2. The number of rotatable bonds is 6. The fourth-order valence-electron chi connectivity index (χ4n) is 4.03. The van der Waals surface area contributed by atoms with Gasteiger partial charge in [0.2, 0.25) is 17.7 Å². The maximum atomic E-state index is 12.5. The van der Waals surface area contributed by atoms with Crippen molar-refractivity contribution in [2.24, 2.45) is 5.92 Å². The highest BCUT2D eigenvalue weighted by Crippen LogP contribution is 2.32. The number of anilines is 2. The summed E-state index contributed by atoms with van der Waals surface area (Å²) in [5.74, 6) is 0.924. The van der Waals surface area contributed by atoms with Crippen LogP contribution in [0.3, 0.4) is 0 Å². The normalized spacial score (nSPS) is 20.1. The van der Waals surface area contributed by atoms with Crippen molar-refractivity contribution in [1.82, 2.24) is 10.2 Å². The van der Waals surface area contributed by atoms with Gasteiger partial charge in [0.1, 0.15) is 5.75 Å². The Morgan fingerprint density at radius 2 is 1.97 bits per heavy atom. The van der Waals surface area contributed by atoms with E-state index in [0.717, 1.165) is 37.1 Å². The highest BCUT2D eigenvalue weighted by molar-refractivity contribution is 5.96. The predicted molar refractivity (Wildman–Crippen MR) is 107 cm³/mol. The van der Waals surface area contributed by atoms with E-state index in [4.69, 9.17) is 9.15 Å². The van der Waals surface area contributed by atoms with Gasteiger partial charge in [0, 0.05) is 24.6 Å². The molecule has 1 aliphatic heterocycles. The molecule has 0 radical (unpaired) electrons. The second kappa shape index (κ2) is 8.63. The van der Waals surface area contributed by atoms with Crippen LogP contribution in [0.1, 0.15) is 57.3 Å². The number of benzene rings is 1. The molecule has 1 atom stereocenters. The molecule has 0 spiro atoms. The zero-order valence-electron chi connectivity index (χ0n) is 16.6. The Morgan fingerprint density at radius 3 is 2.69 bits per heavy atom. The van der Waals surface area contributed by atoms with Crippen LogP contribution in [0.25, 0.3) is 0 Å². The molecule has 2 aromatic rings. The van der Waals surface area contributed by atoms with Crippen LogP contribution in [0.2, 0.25) is 0 Å². The Bertz CT molecular complexity index is 858. The summed E-state index contributed by atoms with van der Waals surface area (Å²) >= 11 is 0. The summed E-state index contributed by atoms with van der Waals surface area (Å²) in [6, 6.07) is 7.56. The van der Waals surface area contributed by atoms with E-state index in [0.29, 0.717) is 25.5 Å². The highest BCUT2D eigenvalue weighted by Gasteiger charge is 2.35. The molecular formula is C21H26N4O4. The molecular weight excluding hydrogens is 372 g/mol. The topological polar surface area (TPSA) is 97.6 Å². The van der Waals surface area contributed by atoms with Crippen molar-refractivity contribution in [3.63, 3.8) is 0 Å². The molecule has 2 amide bonds. The molecule has 1 aromatic carbocycles. The number of amides is 2. The molecule has 1 N–H and O–H groups in total. The molecule has 1 saturated carbocycles. The average Bonchev–Trinajstić information content (AvgIpc) is 3.36. The van der Waals surface area contributed by atoms with Gasteiger partial charge >= 0.3 is 6.01 Å². The number of carbonyl (C=O) groups excluding carboxylic acids is 2. The molecule has 2 heterocycles. The summed E-state index contributed by atoms with van der Waals surface area (Å²) < 4.78 is 11.1. The van der Waals surface area contributed by atoms with Crippen molar-refractivity contribution >= 4 is 23.5 Å². The second-order valence-corrected chi connectivity index (χ2v) is 7.60. The van der Waals surface area contributed by atoms with Crippen molar-refractivity contribution < 1.29 is 18.7 Å². The van der Waals surface area contributed by atoms with Gasteiger partial charge in [-0.3, -0.25) is 14.9 Å². The first-order valence-corrected chi connectivity index (χ1v) is 10.3. The summed E-state index contributed by atoms with van der Waals surface area (Å²) in [4.78, 5) is 26.6. The van der Waals surface area contributed by atoms with E-state index in [-0.39, 0.29) is 29.7 Å². The van der Waals surface area contributed by atoms with Crippen LogP contribution < -0.4 is 15.0 Å². The molecule has 1 aliphatic carbocycles. The minimum atomic E-state index is -0.193. The standard InChI is InChI=1S/C21H26N4O4/c1-2-28-17-10-8-16(9-11-17)25-13-15(12-18(25)26)20-23-24-21(29-20)22-19(27)14-6-4-3-5-7-14/h8-11,14-15H,2-7,12-13H2,1H3,(H,22,24,27). The molecule has 4 rings (SSSR count). The molecule has 8 heteroatoms. The van der Waals surface area contributed by atoms with E-state index < -0.39 is 0 Å². The third kappa shape index (κ3) is 4.41.